The second kappa shape index (κ2) is 7.42. The van der Waals surface area contributed by atoms with Gasteiger partial charge < -0.3 is 0 Å². The molecular weight excluding hydrogens is 359 g/mol. The SMILES string of the molecule is c1ccc(P(c2ccccc2)c2cccc(-n3cnc4ccccc43)c2)cc1. The summed E-state index contributed by atoms with van der Waals surface area (Å²) in [6.45, 7) is 0. The smallest absolute Gasteiger partial charge is 0.100 e. The van der Waals surface area contributed by atoms with E-state index in [1.807, 2.05) is 12.4 Å². The van der Waals surface area contributed by atoms with E-state index in [2.05, 4.69) is 113 Å². The lowest BCUT2D eigenvalue weighted by molar-refractivity contribution is 1.09. The lowest BCUT2D eigenvalue weighted by Crippen LogP contribution is -2.20. The fourth-order valence-corrected chi connectivity index (χ4v) is 5.88. The molecule has 3 heteroatoms. The van der Waals surface area contributed by atoms with Crippen LogP contribution in [0.4, 0.5) is 0 Å². The standard InChI is InChI=1S/C25H19N2P/c1-3-11-21(12-4-1)28(22-13-5-2-6-14-22)23-15-9-10-20(18-23)27-19-26-24-16-7-8-17-25(24)27/h1-19H. The van der Waals surface area contributed by atoms with Crippen LogP contribution in [0.15, 0.2) is 116 Å². The second-order valence-corrected chi connectivity index (χ2v) is 8.85. The molecule has 0 amide bonds. The maximum absolute atomic E-state index is 4.55. The molecule has 0 saturated carbocycles. The predicted molar refractivity (Wildman–Crippen MR) is 120 cm³/mol. The third kappa shape index (κ3) is 3.13. The Morgan fingerprint density at radius 3 is 1.89 bits per heavy atom. The summed E-state index contributed by atoms with van der Waals surface area (Å²) in [5.74, 6) is 0. The molecule has 1 heterocycles. The third-order valence-corrected chi connectivity index (χ3v) is 7.27. The van der Waals surface area contributed by atoms with Crippen molar-refractivity contribution in [3.8, 4) is 5.69 Å². The Labute approximate surface area is 165 Å². The third-order valence-electron chi connectivity index (χ3n) is 4.85. The molecule has 5 rings (SSSR count). The maximum Gasteiger partial charge on any atom is 0.100 e. The Hall–Kier alpha value is -3.22. The molecule has 0 unspecified atom stereocenters. The molecule has 0 spiro atoms. The summed E-state index contributed by atoms with van der Waals surface area (Å²) >= 11 is 0. The minimum atomic E-state index is -0.615. The van der Waals surface area contributed by atoms with Gasteiger partial charge in [0.15, 0.2) is 0 Å². The zero-order valence-electron chi connectivity index (χ0n) is 15.3. The topological polar surface area (TPSA) is 17.8 Å². The van der Waals surface area contributed by atoms with Crippen molar-refractivity contribution in [2.45, 2.75) is 0 Å². The van der Waals surface area contributed by atoms with E-state index >= 15 is 0 Å². The molecular formula is C25H19N2P. The van der Waals surface area contributed by atoms with Crippen molar-refractivity contribution >= 4 is 34.9 Å². The van der Waals surface area contributed by atoms with E-state index in [9.17, 15) is 0 Å². The largest absolute Gasteiger partial charge is 0.299 e. The van der Waals surface area contributed by atoms with E-state index < -0.39 is 7.92 Å². The minimum Gasteiger partial charge on any atom is -0.299 e. The number of hydrogen-bond donors (Lipinski definition) is 0. The van der Waals surface area contributed by atoms with Crippen LogP contribution in [0.5, 0.6) is 0 Å². The average molecular weight is 378 g/mol. The summed E-state index contributed by atoms with van der Waals surface area (Å²) < 4.78 is 2.17. The fourth-order valence-electron chi connectivity index (χ4n) is 3.55. The van der Waals surface area contributed by atoms with Gasteiger partial charge in [0.1, 0.15) is 6.33 Å². The molecule has 0 N–H and O–H groups in total. The van der Waals surface area contributed by atoms with Crippen LogP contribution in [-0.2, 0) is 0 Å². The number of hydrogen-bond acceptors (Lipinski definition) is 1. The van der Waals surface area contributed by atoms with Gasteiger partial charge in [-0.2, -0.15) is 0 Å². The van der Waals surface area contributed by atoms with Gasteiger partial charge in [-0.3, -0.25) is 4.57 Å². The number of fused-ring (bicyclic) bond motifs is 1. The summed E-state index contributed by atoms with van der Waals surface area (Å²) in [7, 11) is -0.615. The van der Waals surface area contributed by atoms with Gasteiger partial charge in [0.25, 0.3) is 0 Å². The molecule has 0 aliphatic heterocycles. The van der Waals surface area contributed by atoms with Gasteiger partial charge >= 0.3 is 0 Å². The van der Waals surface area contributed by atoms with Crippen LogP contribution in [0.1, 0.15) is 0 Å². The van der Waals surface area contributed by atoms with Crippen molar-refractivity contribution < 1.29 is 0 Å². The molecule has 1 aromatic heterocycles. The monoisotopic (exact) mass is 378 g/mol. The fraction of sp³-hybridized carbons (Fsp3) is 0. The van der Waals surface area contributed by atoms with Gasteiger partial charge in [-0.15, -0.1) is 0 Å². The number of nitrogens with zero attached hydrogens (tertiary/aromatic N) is 2. The highest BCUT2D eigenvalue weighted by Crippen LogP contribution is 2.33. The lowest BCUT2D eigenvalue weighted by Gasteiger charge is -2.20. The Morgan fingerprint density at radius 2 is 1.18 bits per heavy atom. The quantitative estimate of drug-likeness (QED) is 0.412. The van der Waals surface area contributed by atoms with Crippen molar-refractivity contribution in [2.75, 3.05) is 0 Å². The van der Waals surface area contributed by atoms with Gasteiger partial charge in [-0.1, -0.05) is 84.9 Å². The molecule has 134 valence electrons. The van der Waals surface area contributed by atoms with Crippen molar-refractivity contribution in [3.05, 3.63) is 116 Å². The van der Waals surface area contributed by atoms with Crippen molar-refractivity contribution in [3.63, 3.8) is 0 Å². The van der Waals surface area contributed by atoms with E-state index in [0.717, 1.165) is 16.7 Å². The second-order valence-electron chi connectivity index (χ2n) is 6.63. The molecule has 0 atom stereocenters. The molecule has 0 aliphatic rings. The van der Waals surface area contributed by atoms with Crippen molar-refractivity contribution in [1.82, 2.24) is 9.55 Å². The number of benzene rings is 4. The summed E-state index contributed by atoms with van der Waals surface area (Å²) in [6, 6.07) is 38.7. The Bertz CT molecular complexity index is 1170. The predicted octanol–water partition coefficient (Wildman–Crippen LogP) is 4.78. The van der Waals surface area contributed by atoms with Crippen LogP contribution in [0.3, 0.4) is 0 Å². The Balaban J connectivity index is 1.66. The molecule has 0 saturated heterocycles. The van der Waals surface area contributed by atoms with E-state index in [4.69, 9.17) is 0 Å². The van der Waals surface area contributed by atoms with Gasteiger partial charge in [0, 0.05) is 5.69 Å². The molecule has 4 aromatic carbocycles. The first-order valence-electron chi connectivity index (χ1n) is 9.33. The van der Waals surface area contributed by atoms with Gasteiger partial charge in [0.2, 0.25) is 0 Å². The summed E-state index contributed by atoms with van der Waals surface area (Å²) in [5.41, 5.74) is 3.29. The first kappa shape index (κ1) is 16.9. The number of imidazole rings is 1. The molecule has 0 aliphatic carbocycles. The Kier molecular flexibility index (Phi) is 4.48. The zero-order valence-corrected chi connectivity index (χ0v) is 16.2. The van der Waals surface area contributed by atoms with Gasteiger partial charge in [0.05, 0.1) is 11.0 Å². The van der Waals surface area contributed by atoms with Crippen LogP contribution in [-0.4, -0.2) is 9.55 Å². The van der Waals surface area contributed by atoms with Crippen LogP contribution in [0, 0.1) is 0 Å². The highest BCUT2D eigenvalue weighted by atomic mass is 31.1. The lowest BCUT2D eigenvalue weighted by atomic mass is 10.3. The average Bonchev–Trinajstić information content (AvgIpc) is 3.20. The van der Waals surface area contributed by atoms with Crippen LogP contribution >= 0.6 is 7.92 Å². The summed E-state index contributed by atoms with van der Waals surface area (Å²) in [4.78, 5) is 4.55. The highest BCUT2D eigenvalue weighted by Gasteiger charge is 2.17. The normalized spacial score (nSPS) is 11.2. The first-order valence-corrected chi connectivity index (χ1v) is 10.7. The first-order chi connectivity index (χ1) is 13.9. The molecule has 0 bridgehead atoms. The van der Waals surface area contributed by atoms with Crippen LogP contribution < -0.4 is 15.9 Å². The molecule has 0 fully saturated rings. The van der Waals surface area contributed by atoms with E-state index in [1.54, 1.807) is 0 Å². The highest BCUT2D eigenvalue weighted by molar-refractivity contribution is 7.79. The summed E-state index contributed by atoms with van der Waals surface area (Å²) in [5, 5.41) is 4.05. The number of rotatable bonds is 4. The van der Waals surface area contributed by atoms with E-state index in [-0.39, 0.29) is 0 Å². The Morgan fingerprint density at radius 1 is 0.571 bits per heavy atom. The number of para-hydroxylation sites is 2. The van der Waals surface area contributed by atoms with Crippen LogP contribution in [0.2, 0.25) is 0 Å². The maximum atomic E-state index is 4.55. The molecule has 28 heavy (non-hydrogen) atoms. The molecule has 0 radical (unpaired) electrons. The van der Waals surface area contributed by atoms with E-state index in [1.165, 1.54) is 15.9 Å². The van der Waals surface area contributed by atoms with Crippen molar-refractivity contribution in [2.24, 2.45) is 0 Å². The molecule has 2 nitrogen and oxygen atoms in total. The zero-order chi connectivity index (χ0) is 18.8. The molecule has 5 aromatic rings. The summed E-state index contributed by atoms with van der Waals surface area (Å²) in [6.07, 6.45) is 1.91. The number of aromatic nitrogens is 2. The van der Waals surface area contributed by atoms with Crippen molar-refractivity contribution in [1.29, 1.82) is 0 Å². The van der Waals surface area contributed by atoms with Gasteiger partial charge in [-0.05, 0) is 48.1 Å². The van der Waals surface area contributed by atoms with Crippen LogP contribution in [0.25, 0.3) is 16.7 Å². The minimum absolute atomic E-state index is 0.615. The van der Waals surface area contributed by atoms with Gasteiger partial charge in [-0.25, -0.2) is 4.98 Å². The van der Waals surface area contributed by atoms with E-state index in [0.29, 0.717) is 0 Å².